The molecule has 4 nitrogen and oxygen atoms in total. The summed E-state index contributed by atoms with van der Waals surface area (Å²) < 4.78 is 4.98. The highest BCUT2D eigenvalue weighted by molar-refractivity contribution is 6.35. The molecule has 6 heteroatoms. The van der Waals surface area contributed by atoms with Gasteiger partial charge in [-0.25, -0.2) is 4.79 Å². The topological polar surface area (TPSA) is 55.4 Å². The number of aryl methyl sites for hydroxylation is 2. The highest BCUT2D eigenvalue weighted by atomic mass is 35.5. The first-order chi connectivity index (χ1) is 11.9. The van der Waals surface area contributed by atoms with E-state index in [2.05, 4.69) is 5.32 Å². The maximum Gasteiger partial charge on any atom is 0.338 e. The summed E-state index contributed by atoms with van der Waals surface area (Å²) in [5, 5.41) is 3.94. The zero-order chi connectivity index (χ0) is 18.4. The maximum absolute atomic E-state index is 12.2. The van der Waals surface area contributed by atoms with Crippen molar-refractivity contribution in [3.63, 3.8) is 0 Å². The van der Waals surface area contributed by atoms with Gasteiger partial charge in [0.2, 0.25) is 5.91 Å². The van der Waals surface area contributed by atoms with E-state index in [0.717, 1.165) is 11.1 Å². The van der Waals surface area contributed by atoms with Gasteiger partial charge in [-0.15, -0.1) is 0 Å². The van der Waals surface area contributed by atoms with Crippen molar-refractivity contribution >= 4 is 40.8 Å². The number of ether oxygens (including phenoxy) is 1. The summed E-state index contributed by atoms with van der Waals surface area (Å²) in [6.07, 6.45) is 0.767. The molecule has 132 valence electrons. The van der Waals surface area contributed by atoms with Gasteiger partial charge in [0.1, 0.15) is 0 Å². The molecule has 0 heterocycles. The number of nitrogens with one attached hydrogen (secondary N) is 1. The molecule has 0 atom stereocenters. The van der Waals surface area contributed by atoms with E-state index in [1.54, 1.807) is 37.3 Å². The lowest BCUT2D eigenvalue weighted by Gasteiger charge is -2.11. The molecular formula is C19H19Cl2NO3. The Bertz CT molecular complexity index is 790. The van der Waals surface area contributed by atoms with Crippen LogP contribution in [0, 0.1) is 6.92 Å². The molecule has 0 aliphatic carbocycles. The molecule has 2 aromatic carbocycles. The smallest absolute Gasteiger partial charge is 0.338 e. The molecule has 0 unspecified atom stereocenters. The van der Waals surface area contributed by atoms with Crippen LogP contribution in [0.25, 0.3) is 0 Å². The fraction of sp³-hybridized carbons (Fsp3) is 0.263. The summed E-state index contributed by atoms with van der Waals surface area (Å²) in [6.45, 7) is 3.91. The Labute approximate surface area is 157 Å². The maximum atomic E-state index is 12.2. The number of carbonyl (C=O) groups excluding carboxylic acids is 2. The number of rotatable bonds is 6. The van der Waals surface area contributed by atoms with Gasteiger partial charge in [-0.2, -0.15) is 0 Å². The monoisotopic (exact) mass is 379 g/mol. The molecule has 25 heavy (non-hydrogen) atoms. The van der Waals surface area contributed by atoms with Crippen LogP contribution in [0.5, 0.6) is 0 Å². The average Bonchev–Trinajstić information content (AvgIpc) is 2.56. The Morgan fingerprint density at radius 3 is 2.56 bits per heavy atom. The van der Waals surface area contributed by atoms with E-state index in [1.165, 1.54) is 0 Å². The predicted molar refractivity (Wildman–Crippen MR) is 101 cm³/mol. The van der Waals surface area contributed by atoms with Gasteiger partial charge in [0, 0.05) is 22.2 Å². The lowest BCUT2D eigenvalue weighted by molar-refractivity contribution is -0.116. The van der Waals surface area contributed by atoms with Crippen molar-refractivity contribution in [3.05, 3.63) is 63.1 Å². The summed E-state index contributed by atoms with van der Waals surface area (Å²) in [7, 11) is 0. The van der Waals surface area contributed by atoms with Gasteiger partial charge in [-0.05, 0) is 55.7 Å². The molecule has 2 rings (SSSR count). The number of hydrogen-bond donors (Lipinski definition) is 1. The Balaban J connectivity index is 2.02. The molecule has 0 aromatic heterocycles. The largest absolute Gasteiger partial charge is 0.462 e. The van der Waals surface area contributed by atoms with Crippen molar-refractivity contribution in [1.82, 2.24) is 0 Å². The van der Waals surface area contributed by atoms with Crippen molar-refractivity contribution in [2.24, 2.45) is 0 Å². The minimum absolute atomic E-state index is 0.157. The molecule has 1 N–H and O–H groups in total. The summed E-state index contributed by atoms with van der Waals surface area (Å²) in [4.78, 5) is 24.0. The van der Waals surface area contributed by atoms with Gasteiger partial charge in [-0.1, -0.05) is 35.3 Å². The number of benzene rings is 2. The first-order valence-electron chi connectivity index (χ1n) is 7.92. The average molecular weight is 380 g/mol. The fourth-order valence-electron chi connectivity index (χ4n) is 2.28. The molecule has 0 radical (unpaired) electrons. The van der Waals surface area contributed by atoms with E-state index in [4.69, 9.17) is 27.9 Å². The summed E-state index contributed by atoms with van der Waals surface area (Å²) in [5.41, 5.74) is 2.73. The summed E-state index contributed by atoms with van der Waals surface area (Å²) >= 11 is 12.0. The van der Waals surface area contributed by atoms with Crippen molar-refractivity contribution in [1.29, 1.82) is 0 Å². The van der Waals surface area contributed by atoms with Gasteiger partial charge >= 0.3 is 5.97 Å². The lowest BCUT2D eigenvalue weighted by atomic mass is 10.1. The number of amides is 1. The Morgan fingerprint density at radius 1 is 1.12 bits per heavy atom. The van der Waals surface area contributed by atoms with E-state index >= 15 is 0 Å². The van der Waals surface area contributed by atoms with E-state index < -0.39 is 5.97 Å². The third-order valence-electron chi connectivity index (χ3n) is 3.66. The predicted octanol–water partition coefficient (Wildman–Crippen LogP) is 5.05. The van der Waals surface area contributed by atoms with Crippen LogP contribution in [0.15, 0.2) is 36.4 Å². The lowest BCUT2D eigenvalue weighted by Crippen LogP contribution is -2.14. The van der Waals surface area contributed by atoms with E-state index in [-0.39, 0.29) is 12.3 Å². The van der Waals surface area contributed by atoms with E-state index in [1.807, 2.05) is 13.0 Å². The zero-order valence-corrected chi connectivity index (χ0v) is 15.6. The molecule has 0 aliphatic heterocycles. The van der Waals surface area contributed by atoms with Crippen LogP contribution in [0.1, 0.15) is 34.8 Å². The van der Waals surface area contributed by atoms with Gasteiger partial charge in [0.05, 0.1) is 12.2 Å². The van der Waals surface area contributed by atoms with Crippen molar-refractivity contribution in [2.75, 3.05) is 11.9 Å². The highest BCUT2D eigenvalue weighted by Crippen LogP contribution is 2.23. The molecule has 1 amide bonds. The van der Waals surface area contributed by atoms with Crippen LogP contribution in [0.4, 0.5) is 5.69 Å². The van der Waals surface area contributed by atoms with E-state index in [9.17, 15) is 9.59 Å². The van der Waals surface area contributed by atoms with Gasteiger partial charge in [-0.3, -0.25) is 4.79 Å². The standard InChI is InChI=1S/C19H19Cl2NO3/c1-3-25-19(24)14-5-4-12(2)17(10-14)22-18(23)9-7-13-6-8-15(20)11-16(13)21/h4-6,8,10-11H,3,7,9H2,1-2H3,(H,22,23). The minimum atomic E-state index is -0.411. The number of halogens is 2. The van der Waals surface area contributed by atoms with Gasteiger partial charge < -0.3 is 10.1 Å². The first-order valence-corrected chi connectivity index (χ1v) is 8.68. The van der Waals surface area contributed by atoms with Crippen LogP contribution in [-0.2, 0) is 16.0 Å². The minimum Gasteiger partial charge on any atom is -0.462 e. The number of anilines is 1. The van der Waals surface area contributed by atoms with Crippen molar-refractivity contribution in [3.8, 4) is 0 Å². The van der Waals surface area contributed by atoms with Crippen molar-refractivity contribution in [2.45, 2.75) is 26.7 Å². The molecule has 0 aliphatic rings. The Morgan fingerprint density at radius 2 is 1.88 bits per heavy atom. The first kappa shape index (κ1) is 19.3. The van der Waals surface area contributed by atoms with Crippen molar-refractivity contribution < 1.29 is 14.3 Å². The fourth-order valence-corrected chi connectivity index (χ4v) is 2.79. The molecule has 0 spiro atoms. The second-order valence-electron chi connectivity index (χ2n) is 5.53. The number of carbonyl (C=O) groups is 2. The second kappa shape index (κ2) is 8.88. The van der Waals surface area contributed by atoms with Crippen LogP contribution >= 0.6 is 23.2 Å². The van der Waals surface area contributed by atoms with Crippen LogP contribution in [-0.4, -0.2) is 18.5 Å². The van der Waals surface area contributed by atoms with Gasteiger partial charge in [0.15, 0.2) is 0 Å². The zero-order valence-electron chi connectivity index (χ0n) is 14.1. The van der Waals surface area contributed by atoms with Crippen LogP contribution in [0.2, 0.25) is 10.0 Å². The van der Waals surface area contributed by atoms with Crippen LogP contribution < -0.4 is 5.32 Å². The summed E-state index contributed by atoms with van der Waals surface area (Å²) in [6, 6.07) is 10.3. The summed E-state index contributed by atoms with van der Waals surface area (Å²) in [5.74, 6) is -0.568. The highest BCUT2D eigenvalue weighted by Gasteiger charge is 2.11. The SMILES string of the molecule is CCOC(=O)c1ccc(C)c(NC(=O)CCc2ccc(Cl)cc2Cl)c1. The Kier molecular flexibility index (Phi) is 6.85. The molecular weight excluding hydrogens is 361 g/mol. The normalized spacial score (nSPS) is 10.4. The number of esters is 1. The quantitative estimate of drug-likeness (QED) is 0.714. The molecule has 0 saturated heterocycles. The van der Waals surface area contributed by atoms with E-state index in [0.29, 0.717) is 34.3 Å². The molecule has 0 bridgehead atoms. The van der Waals surface area contributed by atoms with Crippen LogP contribution in [0.3, 0.4) is 0 Å². The molecule has 0 saturated carbocycles. The molecule has 2 aromatic rings. The third kappa shape index (κ3) is 5.48. The Hall–Kier alpha value is -2.04. The van der Waals surface area contributed by atoms with Gasteiger partial charge in [0.25, 0.3) is 0 Å². The number of hydrogen-bond acceptors (Lipinski definition) is 3. The third-order valence-corrected chi connectivity index (χ3v) is 4.25. The second-order valence-corrected chi connectivity index (χ2v) is 6.38. The molecule has 0 fully saturated rings.